The standard InChI is InChI=1S/C25H29NO6/c1-25(2,3)32-24(29)26-15-7-10-21(26)23(28)31-17-22(27)19-11-13-20(14-12-19)30-16-18-8-5-4-6-9-18/h4-6,8-9,11-14,21H,7,10,15-17H2,1-3H3/t21-/m0/s1. The molecule has 3 rings (SSSR count). The van der Waals surface area contributed by atoms with Gasteiger partial charge in [0.1, 0.15) is 24.0 Å². The van der Waals surface area contributed by atoms with Crippen molar-refractivity contribution in [1.29, 1.82) is 0 Å². The van der Waals surface area contributed by atoms with Crippen molar-refractivity contribution in [2.75, 3.05) is 13.2 Å². The lowest BCUT2D eigenvalue weighted by Gasteiger charge is -2.27. The highest BCUT2D eigenvalue weighted by Crippen LogP contribution is 2.22. The number of benzene rings is 2. The van der Waals surface area contributed by atoms with Gasteiger partial charge in [-0.3, -0.25) is 9.69 Å². The van der Waals surface area contributed by atoms with Crippen molar-refractivity contribution in [3.8, 4) is 5.75 Å². The summed E-state index contributed by atoms with van der Waals surface area (Å²) in [7, 11) is 0. The molecule has 1 aliphatic heterocycles. The fraction of sp³-hybridized carbons (Fsp3) is 0.400. The molecule has 0 saturated carbocycles. The smallest absolute Gasteiger partial charge is 0.411 e. The molecule has 32 heavy (non-hydrogen) atoms. The number of amides is 1. The molecule has 0 aromatic heterocycles. The Morgan fingerprint density at radius 1 is 1.00 bits per heavy atom. The van der Waals surface area contributed by atoms with E-state index in [2.05, 4.69) is 0 Å². The number of carbonyl (C=O) groups excluding carboxylic acids is 3. The lowest BCUT2D eigenvalue weighted by atomic mass is 10.1. The Hall–Kier alpha value is -3.35. The molecule has 0 N–H and O–H groups in total. The van der Waals surface area contributed by atoms with E-state index in [0.29, 0.717) is 37.3 Å². The van der Waals surface area contributed by atoms with Crippen LogP contribution in [-0.2, 0) is 20.9 Å². The minimum atomic E-state index is -0.730. The Balaban J connectivity index is 1.49. The SMILES string of the molecule is CC(C)(C)OC(=O)N1CCC[C@H]1C(=O)OCC(=O)c1ccc(OCc2ccccc2)cc1. The molecule has 0 bridgehead atoms. The third kappa shape index (κ3) is 6.57. The van der Waals surface area contributed by atoms with Crippen LogP contribution in [0.4, 0.5) is 4.79 Å². The summed E-state index contributed by atoms with van der Waals surface area (Å²) in [5.41, 5.74) is 0.813. The van der Waals surface area contributed by atoms with Gasteiger partial charge in [-0.1, -0.05) is 30.3 Å². The van der Waals surface area contributed by atoms with Gasteiger partial charge in [0.25, 0.3) is 0 Å². The van der Waals surface area contributed by atoms with Crippen LogP contribution < -0.4 is 4.74 Å². The predicted octanol–water partition coefficient (Wildman–Crippen LogP) is 4.39. The number of ether oxygens (including phenoxy) is 3. The lowest BCUT2D eigenvalue weighted by Crippen LogP contribution is -2.44. The van der Waals surface area contributed by atoms with E-state index in [1.165, 1.54) is 4.90 Å². The third-order valence-electron chi connectivity index (χ3n) is 4.92. The van der Waals surface area contributed by atoms with Crippen molar-refractivity contribution >= 4 is 17.8 Å². The molecule has 170 valence electrons. The quantitative estimate of drug-likeness (QED) is 0.470. The third-order valence-corrected chi connectivity index (χ3v) is 4.92. The van der Waals surface area contributed by atoms with E-state index in [1.54, 1.807) is 45.0 Å². The molecule has 0 unspecified atom stereocenters. The average molecular weight is 440 g/mol. The fourth-order valence-electron chi connectivity index (χ4n) is 3.34. The lowest BCUT2D eigenvalue weighted by molar-refractivity contribution is -0.147. The monoisotopic (exact) mass is 439 g/mol. The van der Waals surface area contributed by atoms with Crippen LogP contribution in [-0.4, -0.2) is 47.5 Å². The van der Waals surface area contributed by atoms with Gasteiger partial charge in [0.05, 0.1) is 0 Å². The Bertz CT molecular complexity index is 933. The second-order valence-electron chi connectivity index (χ2n) is 8.66. The van der Waals surface area contributed by atoms with Crippen molar-refractivity contribution in [3.05, 3.63) is 65.7 Å². The Morgan fingerprint density at radius 2 is 1.69 bits per heavy atom. The molecule has 1 aliphatic rings. The maximum absolute atomic E-state index is 12.5. The summed E-state index contributed by atoms with van der Waals surface area (Å²) in [6.07, 6.45) is 0.617. The molecule has 7 nitrogen and oxygen atoms in total. The molecule has 1 fully saturated rings. The first kappa shape index (κ1) is 23.3. The summed E-state index contributed by atoms with van der Waals surface area (Å²) in [5, 5.41) is 0. The van der Waals surface area contributed by atoms with Gasteiger partial charge in [0.2, 0.25) is 0 Å². The Morgan fingerprint density at radius 3 is 2.34 bits per heavy atom. The summed E-state index contributed by atoms with van der Waals surface area (Å²) in [5.74, 6) is -0.277. The maximum Gasteiger partial charge on any atom is 0.411 e. The minimum Gasteiger partial charge on any atom is -0.489 e. The van der Waals surface area contributed by atoms with E-state index < -0.39 is 23.7 Å². The van der Waals surface area contributed by atoms with Gasteiger partial charge in [0, 0.05) is 12.1 Å². The summed E-state index contributed by atoms with van der Waals surface area (Å²) in [6, 6.07) is 15.7. The van der Waals surface area contributed by atoms with Gasteiger partial charge in [0.15, 0.2) is 12.4 Å². The maximum atomic E-state index is 12.5. The number of hydrogen-bond acceptors (Lipinski definition) is 6. The van der Waals surface area contributed by atoms with Gasteiger partial charge >= 0.3 is 12.1 Å². The van der Waals surface area contributed by atoms with Crippen LogP contribution in [0.1, 0.15) is 49.5 Å². The molecule has 1 heterocycles. The number of carbonyl (C=O) groups is 3. The molecule has 0 aliphatic carbocycles. The normalized spacial score (nSPS) is 15.8. The van der Waals surface area contributed by atoms with Crippen LogP contribution in [0, 0.1) is 0 Å². The van der Waals surface area contributed by atoms with Crippen molar-refractivity contribution in [2.45, 2.75) is 51.9 Å². The van der Waals surface area contributed by atoms with Gasteiger partial charge in [-0.05, 0) is 63.4 Å². The summed E-state index contributed by atoms with van der Waals surface area (Å²) >= 11 is 0. The highest BCUT2D eigenvalue weighted by Gasteiger charge is 2.37. The highest BCUT2D eigenvalue weighted by atomic mass is 16.6. The van der Waals surface area contributed by atoms with Crippen LogP contribution in [0.3, 0.4) is 0 Å². The van der Waals surface area contributed by atoms with Crippen LogP contribution in [0.2, 0.25) is 0 Å². The number of nitrogens with zero attached hydrogens (tertiary/aromatic N) is 1. The van der Waals surface area contributed by atoms with Crippen molar-refractivity contribution in [2.24, 2.45) is 0 Å². The van der Waals surface area contributed by atoms with Gasteiger partial charge in [-0.25, -0.2) is 9.59 Å². The topological polar surface area (TPSA) is 82.1 Å². The van der Waals surface area contributed by atoms with Crippen molar-refractivity contribution in [3.63, 3.8) is 0 Å². The van der Waals surface area contributed by atoms with E-state index in [0.717, 1.165) is 5.56 Å². The second kappa shape index (κ2) is 10.3. The van der Waals surface area contributed by atoms with Crippen LogP contribution in [0.25, 0.3) is 0 Å². The number of hydrogen-bond donors (Lipinski definition) is 0. The molecule has 1 amide bonds. The summed E-state index contributed by atoms with van der Waals surface area (Å²) < 4.78 is 16.3. The van der Waals surface area contributed by atoms with Crippen molar-refractivity contribution in [1.82, 2.24) is 4.90 Å². The van der Waals surface area contributed by atoms with E-state index >= 15 is 0 Å². The fourth-order valence-corrected chi connectivity index (χ4v) is 3.34. The van der Waals surface area contributed by atoms with Crippen molar-refractivity contribution < 1.29 is 28.6 Å². The van der Waals surface area contributed by atoms with Crippen LogP contribution in [0.5, 0.6) is 5.75 Å². The molecule has 0 spiro atoms. The zero-order chi connectivity index (χ0) is 23.1. The molecule has 0 radical (unpaired) electrons. The largest absolute Gasteiger partial charge is 0.489 e. The summed E-state index contributed by atoms with van der Waals surface area (Å²) in [4.78, 5) is 38.6. The Kier molecular flexibility index (Phi) is 7.51. The number of ketones is 1. The van der Waals surface area contributed by atoms with E-state index in [-0.39, 0.29) is 12.4 Å². The molecular formula is C25H29NO6. The first-order valence-corrected chi connectivity index (χ1v) is 10.7. The number of Topliss-reactive ketones (excluding diaryl/α,β-unsaturated/α-hetero) is 1. The minimum absolute atomic E-state index is 0.324. The zero-order valence-corrected chi connectivity index (χ0v) is 18.7. The number of rotatable bonds is 7. The first-order valence-electron chi connectivity index (χ1n) is 10.7. The van der Waals surface area contributed by atoms with E-state index in [1.807, 2.05) is 30.3 Å². The van der Waals surface area contributed by atoms with Gasteiger partial charge in [-0.2, -0.15) is 0 Å². The predicted molar refractivity (Wildman–Crippen MR) is 118 cm³/mol. The van der Waals surface area contributed by atoms with E-state index in [9.17, 15) is 14.4 Å². The highest BCUT2D eigenvalue weighted by molar-refractivity contribution is 5.98. The average Bonchev–Trinajstić information content (AvgIpc) is 3.26. The molecule has 1 atom stereocenters. The Labute approximate surface area is 188 Å². The molecule has 2 aromatic rings. The summed E-state index contributed by atoms with van der Waals surface area (Å²) in [6.45, 7) is 5.77. The second-order valence-corrected chi connectivity index (χ2v) is 8.66. The number of likely N-dealkylation sites (tertiary alicyclic amines) is 1. The molecule has 7 heteroatoms. The van der Waals surface area contributed by atoms with Gasteiger partial charge < -0.3 is 14.2 Å². The van der Waals surface area contributed by atoms with E-state index in [4.69, 9.17) is 14.2 Å². The molecule has 1 saturated heterocycles. The number of esters is 1. The molecule has 2 aromatic carbocycles. The van der Waals surface area contributed by atoms with Crippen LogP contribution >= 0.6 is 0 Å². The van der Waals surface area contributed by atoms with Gasteiger partial charge in [-0.15, -0.1) is 0 Å². The zero-order valence-electron chi connectivity index (χ0n) is 18.7. The molecular weight excluding hydrogens is 410 g/mol. The first-order chi connectivity index (χ1) is 15.2. The van der Waals surface area contributed by atoms with Crippen LogP contribution in [0.15, 0.2) is 54.6 Å².